The van der Waals surface area contributed by atoms with Gasteiger partial charge in [0.2, 0.25) is 0 Å². The van der Waals surface area contributed by atoms with Gasteiger partial charge in [-0.1, -0.05) is 13.0 Å². The molecule has 0 radical (unpaired) electrons. The Hall–Kier alpha value is -1.23. The van der Waals surface area contributed by atoms with Crippen LogP contribution >= 0.6 is 0 Å². The first kappa shape index (κ1) is 13.7. The maximum atomic E-state index is 12.9. The van der Waals surface area contributed by atoms with Crippen LogP contribution in [-0.2, 0) is 12.6 Å². The number of halogens is 3. The molecule has 20 heavy (non-hydrogen) atoms. The topological polar surface area (TPSA) is 6.48 Å². The lowest BCUT2D eigenvalue weighted by molar-refractivity contribution is -0.137. The lowest BCUT2D eigenvalue weighted by Gasteiger charge is -2.27. The van der Waals surface area contributed by atoms with Gasteiger partial charge in [0.05, 0.1) is 5.56 Å². The predicted octanol–water partition coefficient (Wildman–Crippen LogP) is 3.16. The van der Waals surface area contributed by atoms with Gasteiger partial charge in [0.25, 0.3) is 0 Å². The average molecular weight is 284 g/mol. The van der Waals surface area contributed by atoms with Crippen LogP contribution < -0.4 is 4.90 Å². The van der Waals surface area contributed by atoms with Crippen molar-refractivity contribution in [1.82, 2.24) is 4.90 Å². The van der Waals surface area contributed by atoms with Crippen molar-refractivity contribution in [2.24, 2.45) is 0 Å². The van der Waals surface area contributed by atoms with Crippen molar-refractivity contribution in [3.63, 3.8) is 0 Å². The fourth-order valence-electron chi connectivity index (χ4n) is 3.35. The Kier molecular flexibility index (Phi) is 3.40. The molecule has 2 heterocycles. The molecule has 1 aromatic carbocycles. The molecule has 2 aliphatic heterocycles. The Labute approximate surface area is 117 Å². The molecule has 1 unspecified atom stereocenters. The van der Waals surface area contributed by atoms with E-state index in [4.69, 9.17) is 0 Å². The van der Waals surface area contributed by atoms with Gasteiger partial charge < -0.3 is 9.80 Å². The molecule has 0 spiro atoms. The summed E-state index contributed by atoms with van der Waals surface area (Å²) in [6.45, 7) is 5.99. The monoisotopic (exact) mass is 284 g/mol. The van der Waals surface area contributed by atoms with E-state index in [1.165, 1.54) is 12.1 Å². The van der Waals surface area contributed by atoms with Crippen LogP contribution in [0.15, 0.2) is 18.2 Å². The minimum Gasteiger partial charge on any atom is -0.367 e. The van der Waals surface area contributed by atoms with Crippen molar-refractivity contribution in [3.8, 4) is 0 Å². The third kappa shape index (κ3) is 2.39. The molecule has 0 amide bonds. The zero-order chi connectivity index (χ0) is 14.3. The van der Waals surface area contributed by atoms with Crippen LogP contribution in [-0.4, -0.2) is 37.1 Å². The highest BCUT2D eigenvalue weighted by atomic mass is 19.4. The molecule has 1 fully saturated rings. The first-order valence-electron chi connectivity index (χ1n) is 7.18. The number of anilines is 1. The molecule has 2 aliphatic rings. The summed E-state index contributed by atoms with van der Waals surface area (Å²) in [4.78, 5) is 4.57. The Morgan fingerprint density at radius 3 is 2.75 bits per heavy atom. The number of fused-ring (bicyclic) bond motifs is 3. The van der Waals surface area contributed by atoms with Crippen LogP contribution in [0.1, 0.15) is 24.5 Å². The highest BCUT2D eigenvalue weighted by Crippen LogP contribution is 2.38. The number of rotatable bonds is 1. The lowest BCUT2D eigenvalue weighted by atomic mass is 10.1. The molecule has 110 valence electrons. The summed E-state index contributed by atoms with van der Waals surface area (Å²) in [7, 11) is 0. The molecule has 0 bridgehead atoms. The number of nitrogens with zero attached hydrogens (tertiary/aromatic N) is 2. The molecule has 2 nitrogen and oxygen atoms in total. The standard InChI is InChI=1S/C15H19F3N2/c1-2-19-6-3-7-20-13(10-19)8-11-4-5-12(9-14(11)20)15(16,17)18/h4-5,9,13H,2-3,6-8,10H2,1H3. The van der Waals surface area contributed by atoms with Crippen molar-refractivity contribution in [2.45, 2.75) is 32.0 Å². The van der Waals surface area contributed by atoms with E-state index in [0.29, 0.717) is 6.04 Å². The van der Waals surface area contributed by atoms with Crippen LogP contribution in [0, 0.1) is 0 Å². The minimum atomic E-state index is -4.26. The normalized spacial score (nSPS) is 23.4. The summed E-state index contributed by atoms with van der Waals surface area (Å²) >= 11 is 0. The quantitative estimate of drug-likeness (QED) is 0.781. The molecular formula is C15H19F3N2. The van der Waals surface area contributed by atoms with Gasteiger partial charge in [-0.2, -0.15) is 13.2 Å². The Morgan fingerprint density at radius 1 is 1.25 bits per heavy atom. The van der Waals surface area contributed by atoms with E-state index >= 15 is 0 Å². The minimum absolute atomic E-state index is 0.330. The average Bonchev–Trinajstić information content (AvgIpc) is 2.61. The zero-order valence-electron chi connectivity index (χ0n) is 11.6. The lowest BCUT2D eigenvalue weighted by Crippen LogP contribution is -2.38. The molecule has 1 atom stereocenters. The predicted molar refractivity (Wildman–Crippen MR) is 73.0 cm³/mol. The van der Waals surface area contributed by atoms with Crippen LogP contribution in [0.3, 0.4) is 0 Å². The third-order valence-corrected chi connectivity index (χ3v) is 4.41. The molecule has 0 N–H and O–H groups in total. The molecular weight excluding hydrogens is 265 g/mol. The maximum absolute atomic E-state index is 12.9. The van der Waals surface area contributed by atoms with E-state index in [2.05, 4.69) is 16.7 Å². The van der Waals surface area contributed by atoms with E-state index in [0.717, 1.165) is 50.3 Å². The molecule has 3 rings (SSSR count). The number of hydrogen-bond donors (Lipinski definition) is 0. The molecule has 0 aromatic heterocycles. The molecule has 1 aromatic rings. The summed E-state index contributed by atoms with van der Waals surface area (Å²) in [5.74, 6) is 0. The second-order valence-corrected chi connectivity index (χ2v) is 5.64. The van der Waals surface area contributed by atoms with Crippen LogP contribution in [0.2, 0.25) is 0 Å². The van der Waals surface area contributed by atoms with Crippen molar-refractivity contribution in [2.75, 3.05) is 31.1 Å². The van der Waals surface area contributed by atoms with Gasteiger partial charge in [-0.3, -0.25) is 0 Å². The summed E-state index contributed by atoms with van der Waals surface area (Å²) in [5.41, 5.74) is 1.32. The van der Waals surface area contributed by atoms with E-state index in [1.807, 2.05) is 0 Å². The van der Waals surface area contributed by atoms with Gasteiger partial charge in [0.15, 0.2) is 0 Å². The van der Waals surface area contributed by atoms with Gasteiger partial charge in [0.1, 0.15) is 0 Å². The molecule has 5 heteroatoms. The Bertz CT molecular complexity index is 498. The number of hydrogen-bond acceptors (Lipinski definition) is 2. The Balaban J connectivity index is 1.90. The van der Waals surface area contributed by atoms with Crippen molar-refractivity contribution < 1.29 is 13.2 Å². The van der Waals surface area contributed by atoms with E-state index in [1.54, 1.807) is 6.07 Å². The zero-order valence-corrected chi connectivity index (χ0v) is 11.6. The molecule has 1 saturated heterocycles. The first-order valence-corrected chi connectivity index (χ1v) is 7.18. The SMILES string of the molecule is CCN1CCCN2c3cc(C(F)(F)F)ccc3CC2C1. The van der Waals surface area contributed by atoms with Gasteiger partial charge in [-0.25, -0.2) is 0 Å². The highest BCUT2D eigenvalue weighted by molar-refractivity contribution is 5.61. The summed E-state index contributed by atoms with van der Waals surface area (Å²) in [6, 6.07) is 4.53. The maximum Gasteiger partial charge on any atom is 0.416 e. The molecule has 0 saturated carbocycles. The molecule has 0 aliphatic carbocycles. The second kappa shape index (κ2) is 4.95. The number of likely N-dealkylation sites (N-methyl/N-ethyl adjacent to an activating group) is 1. The third-order valence-electron chi connectivity index (χ3n) is 4.41. The van der Waals surface area contributed by atoms with Crippen LogP contribution in [0.4, 0.5) is 18.9 Å². The van der Waals surface area contributed by atoms with E-state index < -0.39 is 11.7 Å². The first-order chi connectivity index (χ1) is 9.49. The fourth-order valence-corrected chi connectivity index (χ4v) is 3.35. The summed E-state index contributed by atoms with van der Waals surface area (Å²) in [6.07, 6.45) is -2.38. The van der Waals surface area contributed by atoms with Crippen molar-refractivity contribution in [1.29, 1.82) is 0 Å². The van der Waals surface area contributed by atoms with Crippen molar-refractivity contribution >= 4 is 5.69 Å². The second-order valence-electron chi connectivity index (χ2n) is 5.64. The van der Waals surface area contributed by atoms with Gasteiger partial charge in [-0.15, -0.1) is 0 Å². The summed E-state index contributed by atoms with van der Waals surface area (Å²) in [5, 5.41) is 0. The number of benzene rings is 1. The van der Waals surface area contributed by atoms with Gasteiger partial charge in [0, 0.05) is 24.8 Å². The largest absolute Gasteiger partial charge is 0.416 e. The van der Waals surface area contributed by atoms with Crippen LogP contribution in [0.25, 0.3) is 0 Å². The van der Waals surface area contributed by atoms with E-state index in [9.17, 15) is 13.2 Å². The van der Waals surface area contributed by atoms with Crippen molar-refractivity contribution in [3.05, 3.63) is 29.3 Å². The summed E-state index contributed by atoms with van der Waals surface area (Å²) < 4.78 is 38.6. The van der Waals surface area contributed by atoms with Gasteiger partial charge in [-0.05, 0) is 43.6 Å². The van der Waals surface area contributed by atoms with E-state index in [-0.39, 0.29) is 0 Å². The van der Waals surface area contributed by atoms with Gasteiger partial charge >= 0.3 is 6.18 Å². The van der Waals surface area contributed by atoms with Crippen LogP contribution in [0.5, 0.6) is 0 Å². The Morgan fingerprint density at radius 2 is 2.05 bits per heavy atom. The highest BCUT2D eigenvalue weighted by Gasteiger charge is 2.36. The smallest absolute Gasteiger partial charge is 0.367 e. The number of alkyl halides is 3. The fraction of sp³-hybridized carbons (Fsp3) is 0.600.